The first-order valence-electron chi connectivity index (χ1n) is 8.53. The van der Waals surface area contributed by atoms with Gasteiger partial charge in [0.1, 0.15) is 6.10 Å². The summed E-state index contributed by atoms with van der Waals surface area (Å²) < 4.78 is 25.4. The fraction of sp³-hybridized carbons (Fsp3) is 0.381. The van der Waals surface area contributed by atoms with Crippen LogP contribution >= 0.6 is 15.9 Å². The Balaban J connectivity index is 1.86. The fourth-order valence-corrected chi connectivity index (χ4v) is 3.05. The summed E-state index contributed by atoms with van der Waals surface area (Å²) in [7, 11) is 0. The van der Waals surface area contributed by atoms with Crippen LogP contribution in [0.15, 0.2) is 48.5 Å². The Morgan fingerprint density at radius 2 is 1.46 bits per heavy atom. The molecule has 0 aliphatic carbocycles. The summed E-state index contributed by atoms with van der Waals surface area (Å²) in [4.78, 5) is 10.5. The van der Waals surface area contributed by atoms with Gasteiger partial charge in [-0.3, -0.25) is 0 Å². The van der Waals surface area contributed by atoms with Gasteiger partial charge in [-0.15, -0.1) is 0 Å². The van der Waals surface area contributed by atoms with Crippen molar-refractivity contribution in [2.75, 3.05) is 6.61 Å². The second-order valence-electron chi connectivity index (χ2n) is 6.36. The number of ether oxygens (including phenoxy) is 2. The van der Waals surface area contributed by atoms with Crippen LogP contribution in [-0.2, 0) is 27.5 Å². The number of hydrogen-bond acceptors (Lipinski definition) is 3. The maximum Gasteiger partial charge on any atom is 0.182 e. The molecule has 3 atom stereocenters. The van der Waals surface area contributed by atoms with Gasteiger partial charge in [0.15, 0.2) is 12.5 Å². The second-order valence-corrected chi connectivity index (χ2v) is 7.53. The van der Waals surface area contributed by atoms with Crippen LogP contribution in [0.3, 0.4) is 0 Å². The van der Waals surface area contributed by atoms with E-state index in [0.717, 1.165) is 16.7 Å². The summed E-state index contributed by atoms with van der Waals surface area (Å²) in [5.74, 6) is 0. The molecule has 0 saturated heterocycles. The molecule has 2 aromatic carbocycles. The standard InChI is InChI=1S/C21H24BrFO3/c1-15-3-7-17(8-4-15)12-25-14-19(22)21(20(23)11-24)26-13-18-9-5-16(2)6-10-18/h3-11,19-21H,12-14H2,1-2H3/t19-,20-,21+/m0/s1. The predicted molar refractivity (Wildman–Crippen MR) is 104 cm³/mol. The minimum atomic E-state index is -1.72. The number of aryl methyl sites for hydroxylation is 2. The zero-order valence-electron chi connectivity index (χ0n) is 15.0. The normalized spacial score (nSPS) is 14.6. The van der Waals surface area contributed by atoms with Gasteiger partial charge in [0, 0.05) is 0 Å². The molecule has 0 amide bonds. The number of aldehydes is 1. The summed E-state index contributed by atoms with van der Waals surface area (Å²) >= 11 is 3.41. The van der Waals surface area contributed by atoms with Crippen LogP contribution in [0, 0.1) is 13.8 Å². The molecule has 0 unspecified atom stereocenters. The maximum atomic E-state index is 14.0. The smallest absolute Gasteiger partial charge is 0.182 e. The summed E-state index contributed by atoms with van der Waals surface area (Å²) in [5.41, 5.74) is 4.30. The molecule has 0 aromatic heterocycles. The lowest BCUT2D eigenvalue weighted by molar-refractivity contribution is -0.118. The molecule has 26 heavy (non-hydrogen) atoms. The lowest BCUT2D eigenvalue weighted by Crippen LogP contribution is -2.37. The molecule has 0 saturated carbocycles. The number of hydrogen-bond donors (Lipinski definition) is 0. The third kappa shape index (κ3) is 6.63. The van der Waals surface area contributed by atoms with Gasteiger partial charge in [-0.1, -0.05) is 75.6 Å². The molecule has 0 radical (unpaired) electrons. The highest BCUT2D eigenvalue weighted by molar-refractivity contribution is 9.09. The van der Waals surface area contributed by atoms with Gasteiger partial charge in [-0.25, -0.2) is 4.39 Å². The van der Waals surface area contributed by atoms with Crippen molar-refractivity contribution in [1.82, 2.24) is 0 Å². The van der Waals surface area contributed by atoms with Crippen LogP contribution < -0.4 is 0 Å². The molecule has 0 aliphatic rings. The zero-order valence-corrected chi connectivity index (χ0v) is 16.6. The average molecular weight is 423 g/mol. The van der Waals surface area contributed by atoms with Crippen molar-refractivity contribution >= 4 is 22.2 Å². The first-order valence-corrected chi connectivity index (χ1v) is 9.45. The predicted octanol–water partition coefficient (Wildman–Crippen LogP) is 4.71. The van der Waals surface area contributed by atoms with E-state index in [0.29, 0.717) is 6.61 Å². The summed E-state index contributed by atoms with van der Waals surface area (Å²) in [6.45, 7) is 4.92. The Morgan fingerprint density at radius 1 is 0.962 bits per heavy atom. The summed E-state index contributed by atoms with van der Waals surface area (Å²) in [6, 6.07) is 15.8. The first-order chi connectivity index (χ1) is 12.5. The largest absolute Gasteiger partial charge is 0.376 e. The minimum Gasteiger partial charge on any atom is -0.376 e. The van der Waals surface area contributed by atoms with Crippen LogP contribution in [0.5, 0.6) is 0 Å². The topological polar surface area (TPSA) is 35.5 Å². The molecular formula is C21H24BrFO3. The zero-order chi connectivity index (χ0) is 18.9. The Bertz CT molecular complexity index is 673. The number of benzene rings is 2. The third-order valence-corrected chi connectivity index (χ3v) is 4.82. The average Bonchev–Trinajstić information content (AvgIpc) is 2.64. The van der Waals surface area contributed by atoms with Gasteiger partial charge in [0.05, 0.1) is 24.6 Å². The van der Waals surface area contributed by atoms with E-state index < -0.39 is 17.1 Å². The number of alkyl halides is 2. The molecule has 0 heterocycles. The molecular weight excluding hydrogens is 399 g/mol. The van der Waals surface area contributed by atoms with E-state index >= 15 is 0 Å². The summed E-state index contributed by atoms with van der Waals surface area (Å²) in [6.07, 6.45) is -2.35. The molecule has 140 valence electrons. The van der Waals surface area contributed by atoms with E-state index in [-0.39, 0.29) is 19.5 Å². The molecule has 2 rings (SSSR count). The monoisotopic (exact) mass is 422 g/mol. The van der Waals surface area contributed by atoms with Crippen LogP contribution in [0.2, 0.25) is 0 Å². The van der Waals surface area contributed by atoms with Crippen molar-refractivity contribution in [2.45, 2.75) is 44.2 Å². The second kappa shape index (κ2) is 10.6. The number of carbonyl (C=O) groups excluding carboxylic acids is 1. The number of carbonyl (C=O) groups is 1. The maximum absolute atomic E-state index is 14.0. The molecule has 5 heteroatoms. The molecule has 0 N–H and O–H groups in total. The van der Waals surface area contributed by atoms with Gasteiger partial charge in [-0.2, -0.15) is 0 Å². The van der Waals surface area contributed by atoms with Crippen molar-refractivity contribution in [2.24, 2.45) is 0 Å². The van der Waals surface area contributed by atoms with Gasteiger partial charge in [0.2, 0.25) is 0 Å². The van der Waals surface area contributed by atoms with Crippen LogP contribution in [0.1, 0.15) is 22.3 Å². The van der Waals surface area contributed by atoms with E-state index in [1.54, 1.807) is 0 Å². The highest BCUT2D eigenvalue weighted by Gasteiger charge is 2.29. The third-order valence-electron chi connectivity index (χ3n) is 4.03. The molecule has 0 bridgehead atoms. The van der Waals surface area contributed by atoms with Gasteiger partial charge < -0.3 is 14.3 Å². The van der Waals surface area contributed by atoms with Crippen molar-refractivity contribution in [3.63, 3.8) is 0 Å². The van der Waals surface area contributed by atoms with Crippen LogP contribution in [0.4, 0.5) is 4.39 Å². The molecule has 0 aliphatic heterocycles. The van der Waals surface area contributed by atoms with E-state index in [2.05, 4.69) is 15.9 Å². The van der Waals surface area contributed by atoms with Gasteiger partial charge >= 0.3 is 0 Å². The number of halogens is 2. The van der Waals surface area contributed by atoms with Crippen molar-refractivity contribution < 1.29 is 18.7 Å². The highest BCUT2D eigenvalue weighted by Crippen LogP contribution is 2.19. The molecule has 2 aromatic rings. The highest BCUT2D eigenvalue weighted by atomic mass is 79.9. The Labute approximate surface area is 162 Å². The molecule has 0 spiro atoms. The quantitative estimate of drug-likeness (QED) is 0.410. The van der Waals surface area contributed by atoms with Crippen molar-refractivity contribution in [3.05, 3.63) is 70.8 Å². The lowest BCUT2D eigenvalue weighted by Gasteiger charge is -2.24. The minimum absolute atomic E-state index is 0.235. The van der Waals surface area contributed by atoms with E-state index in [1.807, 2.05) is 62.4 Å². The summed E-state index contributed by atoms with van der Waals surface area (Å²) in [5, 5.41) is 0. The molecule has 0 fully saturated rings. The van der Waals surface area contributed by atoms with E-state index in [1.165, 1.54) is 5.56 Å². The van der Waals surface area contributed by atoms with E-state index in [4.69, 9.17) is 9.47 Å². The Kier molecular flexibility index (Phi) is 8.42. The molecule has 3 nitrogen and oxygen atoms in total. The Hall–Kier alpha value is -1.56. The Morgan fingerprint density at radius 3 is 1.96 bits per heavy atom. The fourth-order valence-electron chi connectivity index (χ4n) is 2.42. The number of rotatable bonds is 10. The first kappa shape index (κ1) is 20.7. The lowest BCUT2D eigenvalue weighted by atomic mass is 10.1. The van der Waals surface area contributed by atoms with Gasteiger partial charge in [-0.05, 0) is 25.0 Å². The van der Waals surface area contributed by atoms with Crippen molar-refractivity contribution in [3.8, 4) is 0 Å². The van der Waals surface area contributed by atoms with Crippen molar-refractivity contribution in [1.29, 1.82) is 0 Å². The van der Waals surface area contributed by atoms with Crippen LogP contribution in [0.25, 0.3) is 0 Å². The van der Waals surface area contributed by atoms with Gasteiger partial charge in [0.25, 0.3) is 0 Å². The van der Waals surface area contributed by atoms with E-state index in [9.17, 15) is 9.18 Å². The SMILES string of the molecule is Cc1ccc(COC[C@H](Br)[C@@H](OCc2ccc(C)cc2)[C@@H](F)C=O)cc1. The van der Waals surface area contributed by atoms with Crippen LogP contribution in [-0.4, -0.2) is 30.0 Å².